The summed E-state index contributed by atoms with van der Waals surface area (Å²) in [5.74, 6) is 0.901. The molecule has 0 bridgehead atoms. The van der Waals surface area contributed by atoms with E-state index >= 15 is 0 Å². The van der Waals surface area contributed by atoms with E-state index in [0.717, 1.165) is 19.3 Å². The Labute approximate surface area is 179 Å². The van der Waals surface area contributed by atoms with Crippen LogP contribution in [0.4, 0.5) is 13.2 Å². The molecular weight excluding hydrogens is 417 g/mol. The summed E-state index contributed by atoms with van der Waals surface area (Å²) in [4.78, 5) is 12.5. The molecule has 2 saturated carbocycles. The average Bonchev–Trinajstić information content (AvgIpc) is 2.72. The smallest absolute Gasteiger partial charge is 0.384 e. The molecule has 4 unspecified atom stereocenters. The highest BCUT2D eigenvalue weighted by Crippen LogP contribution is 2.33. The summed E-state index contributed by atoms with van der Waals surface area (Å²) < 4.78 is 52.2. The van der Waals surface area contributed by atoms with E-state index in [1.807, 2.05) is 6.08 Å². The minimum atomic E-state index is -4.57. The van der Waals surface area contributed by atoms with Gasteiger partial charge in [-0.2, -0.15) is 0 Å². The number of alkyl halides is 3. The van der Waals surface area contributed by atoms with Gasteiger partial charge in [-0.25, -0.2) is 0 Å². The number of nitrogens with one attached hydrogen (secondary N) is 2. The van der Waals surface area contributed by atoms with Crippen molar-refractivity contribution in [3.8, 4) is 0 Å². The maximum absolute atomic E-state index is 12.5. The van der Waals surface area contributed by atoms with Gasteiger partial charge in [0.25, 0.3) is 5.91 Å². The van der Waals surface area contributed by atoms with Crippen LogP contribution in [-0.2, 0) is 25.4 Å². The normalized spacial score (nSPS) is 34.6. The van der Waals surface area contributed by atoms with Gasteiger partial charge in [0.05, 0.1) is 11.7 Å². The quantitative estimate of drug-likeness (QED) is 0.607. The monoisotopic (exact) mass is 447 g/mol. The third kappa shape index (κ3) is 6.51. The fourth-order valence-electron chi connectivity index (χ4n) is 4.81. The van der Waals surface area contributed by atoms with E-state index in [1.54, 1.807) is 12.3 Å². The van der Waals surface area contributed by atoms with Gasteiger partial charge in [0.2, 0.25) is 5.25 Å². The van der Waals surface area contributed by atoms with Gasteiger partial charge in [0.15, 0.2) is 0 Å². The van der Waals surface area contributed by atoms with Crippen molar-refractivity contribution in [3.05, 3.63) is 23.9 Å². The predicted molar refractivity (Wildman–Crippen MR) is 108 cm³/mol. The number of carbonyl (C=O) groups is 1. The molecule has 5 nitrogen and oxygen atoms in total. The molecule has 3 aliphatic rings. The lowest BCUT2D eigenvalue weighted by molar-refractivity contribution is -0.345. The number of hydrogen-bond donors (Lipinski definition) is 2. The number of carbonyl (C=O) groups excluding carboxylic acids is 1. The van der Waals surface area contributed by atoms with Crippen LogP contribution in [0, 0.1) is 17.8 Å². The average molecular weight is 448 g/mol. The van der Waals surface area contributed by atoms with Crippen molar-refractivity contribution in [2.45, 2.75) is 75.6 Å². The highest BCUT2D eigenvalue weighted by Gasteiger charge is 2.37. The molecule has 0 saturated heterocycles. The van der Waals surface area contributed by atoms with E-state index in [0.29, 0.717) is 61.3 Å². The van der Waals surface area contributed by atoms with Gasteiger partial charge in [-0.3, -0.25) is 9.53 Å². The zero-order valence-electron chi connectivity index (χ0n) is 17.1. The molecular formula is C21H30F3N2O3S+. The highest BCUT2D eigenvalue weighted by molar-refractivity contribution is 7.66. The van der Waals surface area contributed by atoms with Gasteiger partial charge in [-0.1, -0.05) is 13.0 Å². The van der Waals surface area contributed by atoms with Crippen molar-refractivity contribution in [2.75, 3.05) is 6.54 Å². The molecule has 0 radical (unpaired) electrons. The van der Waals surface area contributed by atoms with Gasteiger partial charge >= 0.3 is 18.0 Å². The molecule has 1 heterocycles. The largest absolute Gasteiger partial charge is 0.522 e. The molecule has 4 atom stereocenters. The maximum Gasteiger partial charge on any atom is 0.522 e. The Balaban J connectivity index is 1.40. The second kappa shape index (κ2) is 10.2. The van der Waals surface area contributed by atoms with Crippen molar-refractivity contribution in [3.63, 3.8) is 0 Å². The summed E-state index contributed by atoms with van der Waals surface area (Å²) in [5.41, 5.74) is 0.553. The van der Waals surface area contributed by atoms with Gasteiger partial charge < -0.3 is 10.6 Å². The summed E-state index contributed by atoms with van der Waals surface area (Å²) in [6.45, 7) is 2.74. The lowest BCUT2D eigenvalue weighted by atomic mass is 9.80. The fraction of sp³-hybridized carbons (Fsp3) is 0.762. The van der Waals surface area contributed by atoms with E-state index in [9.17, 15) is 22.2 Å². The Morgan fingerprint density at radius 1 is 1.23 bits per heavy atom. The minimum Gasteiger partial charge on any atom is -0.384 e. The van der Waals surface area contributed by atoms with Crippen LogP contribution >= 0.6 is 0 Å². The van der Waals surface area contributed by atoms with Crippen LogP contribution in [0.5, 0.6) is 0 Å². The van der Waals surface area contributed by atoms with E-state index in [-0.39, 0.29) is 23.1 Å². The Bertz CT molecular complexity index is 675. The first-order valence-corrected chi connectivity index (χ1v) is 11.5. The van der Waals surface area contributed by atoms with Gasteiger partial charge in [0, 0.05) is 35.8 Å². The molecule has 168 valence electrons. The van der Waals surface area contributed by atoms with E-state index < -0.39 is 12.5 Å². The lowest BCUT2D eigenvalue weighted by Crippen LogP contribution is -2.40. The third-order valence-electron chi connectivity index (χ3n) is 6.66. The number of ether oxygens (including phenoxy) is 1. The van der Waals surface area contributed by atoms with E-state index in [4.69, 9.17) is 0 Å². The molecule has 0 spiro atoms. The van der Waals surface area contributed by atoms with Crippen molar-refractivity contribution in [1.29, 1.82) is 0 Å². The van der Waals surface area contributed by atoms with E-state index in [1.165, 1.54) is 0 Å². The van der Waals surface area contributed by atoms with Crippen LogP contribution in [0.3, 0.4) is 0 Å². The number of rotatable bonds is 6. The number of amides is 1. The molecule has 1 amide bonds. The summed E-state index contributed by atoms with van der Waals surface area (Å²) in [5, 5.41) is 6.42. The SMILES string of the molecule is CC1CC([S+]=O)CCC1CNC(=O)C1=CNC(C2CCC(OC(F)(F)F)CC2)C=C1. The standard InChI is InChI=1S/C21H29F3N2O3S/c1-13-10-18(30-28)8-4-15(13)11-26-20(27)16-5-9-19(25-12-16)14-2-6-17(7-3-14)29-21(22,23)24/h5,9,12-15,17-19H,2-4,6-8,10-11H2,1H3,(H-,25,26,27)/p+1. The second-order valence-corrected chi connectivity index (χ2v) is 9.59. The molecule has 9 heteroatoms. The van der Waals surface area contributed by atoms with Crippen LogP contribution in [0.2, 0.25) is 0 Å². The summed E-state index contributed by atoms with van der Waals surface area (Å²) in [7, 11) is 0. The summed E-state index contributed by atoms with van der Waals surface area (Å²) >= 11 is 0.692. The van der Waals surface area contributed by atoms with Crippen molar-refractivity contribution in [1.82, 2.24) is 10.6 Å². The van der Waals surface area contributed by atoms with Crippen molar-refractivity contribution in [2.24, 2.45) is 17.8 Å². The minimum absolute atomic E-state index is 0.0216. The first kappa shape index (κ1) is 23.2. The van der Waals surface area contributed by atoms with Crippen LogP contribution in [0.1, 0.15) is 51.9 Å². The Hall–Kier alpha value is -1.48. The van der Waals surface area contributed by atoms with Crippen LogP contribution in [0.15, 0.2) is 23.9 Å². The number of hydrogen-bond acceptors (Lipinski definition) is 4. The second-order valence-electron chi connectivity index (χ2n) is 8.73. The van der Waals surface area contributed by atoms with Crippen molar-refractivity contribution < 1.29 is 26.9 Å². The summed E-state index contributed by atoms with van der Waals surface area (Å²) in [6, 6.07) is 0.0216. The van der Waals surface area contributed by atoms with Gasteiger partial charge in [-0.05, 0) is 55.9 Å². The maximum atomic E-state index is 12.5. The molecule has 2 fully saturated rings. The van der Waals surface area contributed by atoms with Gasteiger partial charge in [-0.15, -0.1) is 13.2 Å². The molecule has 3 rings (SSSR count). The predicted octanol–water partition coefficient (Wildman–Crippen LogP) is 3.84. The Morgan fingerprint density at radius 3 is 2.53 bits per heavy atom. The fourth-order valence-corrected chi connectivity index (χ4v) is 5.43. The number of halogens is 3. The van der Waals surface area contributed by atoms with E-state index in [2.05, 4.69) is 22.3 Å². The molecule has 30 heavy (non-hydrogen) atoms. The number of dihydropyridines is 1. The molecule has 0 aromatic carbocycles. The topological polar surface area (TPSA) is 67.4 Å². The zero-order chi connectivity index (χ0) is 21.7. The first-order chi connectivity index (χ1) is 14.2. The molecule has 1 aliphatic heterocycles. The van der Waals surface area contributed by atoms with Crippen LogP contribution in [-0.4, -0.2) is 36.2 Å². The zero-order valence-corrected chi connectivity index (χ0v) is 17.9. The van der Waals surface area contributed by atoms with Crippen LogP contribution in [0.25, 0.3) is 0 Å². The first-order valence-electron chi connectivity index (χ1n) is 10.7. The highest BCUT2D eigenvalue weighted by atomic mass is 32.1. The van der Waals surface area contributed by atoms with Crippen LogP contribution < -0.4 is 10.6 Å². The molecule has 0 aromatic rings. The molecule has 2 aliphatic carbocycles. The molecule has 0 aromatic heterocycles. The van der Waals surface area contributed by atoms with Gasteiger partial charge in [0.1, 0.15) is 0 Å². The Kier molecular flexibility index (Phi) is 7.90. The summed E-state index contributed by atoms with van der Waals surface area (Å²) in [6.07, 6.45) is 4.94. The third-order valence-corrected chi connectivity index (χ3v) is 7.36. The Morgan fingerprint density at radius 2 is 1.97 bits per heavy atom. The molecule has 2 N–H and O–H groups in total. The lowest BCUT2D eigenvalue weighted by Gasteiger charge is -2.34. The van der Waals surface area contributed by atoms with Crippen molar-refractivity contribution >= 4 is 17.6 Å².